The Labute approximate surface area is 247 Å². The van der Waals surface area contributed by atoms with E-state index in [0.717, 1.165) is 13.0 Å². The van der Waals surface area contributed by atoms with Crippen LogP contribution in [-0.4, -0.2) is 115 Å². The first kappa shape index (κ1) is 35.0. The van der Waals surface area contributed by atoms with Gasteiger partial charge in [-0.2, -0.15) is 0 Å². The zero-order valence-corrected chi connectivity index (χ0v) is 25.4. The number of thioether (sulfide) groups is 1. The fraction of sp³-hybridized carbons (Fsp3) is 0.778. The molecule has 1 aliphatic heterocycles. The van der Waals surface area contributed by atoms with E-state index < -0.39 is 11.3 Å². The summed E-state index contributed by atoms with van der Waals surface area (Å²) < 4.78 is 29.2. The molecule has 2 unspecified atom stereocenters. The molecule has 14 heteroatoms. The first-order valence-corrected chi connectivity index (χ1v) is 15.0. The van der Waals surface area contributed by atoms with E-state index in [1.54, 1.807) is 10.9 Å². The van der Waals surface area contributed by atoms with Crippen molar-refractivity contribution in [1.29, 1.82) is 0 Å². The summed E-state index contributed by atoms with van der Waals surface area (Å²) in [7, 11) is 0. The third-order valence-electron chi connectivity index (χ3n) is 5.85. The van der Waals surface area contributed by atoms with Crippen molar-refractivity contribution in [3.63, 3.8) is 0 Å². The average Bonchev–Trinajstić information content (AvgIpc) is 3.37. The predicted octanol–water partition coefficient (Wildman–Crippen LogP) is 1.48. The van der Waals surface area contributed by atoms with Crippen LogP contribution in [0, 0.1) is 5.41 Å². The smallest absolute Gasteiger partial charge is 0.234 e. The number of nitrogens with zero attached hydrogens (tertiary/aromatic N) is 3. The molecule has 0 saturated carbocycles. The Bertz CT molecular complexity index is 911. The average molecular weight is 602 g/mol. The van der Waals surface area contributed by atoms with Crippen LogP contribution in [0.4, 0.5) is 0 Å². The molecule has 0 aliphatic carbocycles. The van der Waals surface area contributed by atoms with Crippen LogP contribution in [0.5, 0.6) is 0 Å². The molecule has 41 heavy (non-hydrogen) atoms. The van der Waals surface area contributed by atoms with Gasteiger partial charge in [0.15, 0.2) is 0 Å². The Morgan fingerprint density at radius 1 is 1.05 bits per heavy atom. The maximum absolute atomic E-state index is 12.2. The van der Waals surface area contributed by atoms with Gasteiger partial charge in [-0.3, -0.25) is 9.59 Å². The molecule has 0 spiro atoms. The molecule has 13 nitrogen and oxygen atoms in total. The third kappa shape index (κ3) is 16.7. The minimum absolute atomic E-state index is 0.0414. The van der Waals surface area contributed by atoms with Gasteiger partial charge in [-0.25, -0.2) is 4.68 Å². The number of hydrogen-bond acceptors (Lipinski definition) is 11. The van der Waals surface area contributed by atoms with Crippen LogP contribution in [0.2, 0.25) is 0 Å². The highest BCUT2D eigenvalue weighted by Gasteiger charge is 2.31. The van der Waals surface area contributed by atoms with Crippen molar-refractivity contribution < 1.29 is 38.4 Å². The van der Waals surface area contributed by atoms with Gasteiger partial charge >= 0.3 is 0 Å². The second kappa shape index (κ2) is 19.8. The first-order valence-electron chi connectivity index (χ1n) is 14.0. The normalized spacial score (nSPS) is 17.4. The van der Waals surface area contributed by atoms with Crippen LogP contribution in [0.25, 0.3) is 0 Å². The van der Waals surface area contributed by atoms with Crippen LogP contribution in [0.1, 0.15) is 39.3 Å². The lowest BCUT2D eigenvalue weighted by Gasteiger charge is -2.27. The number of carbonyl (C=O) groups is 2. The van der Waals surface area contributed by atoms with Crippen molar-refractivity contribution in [2.75, 3.05) is 71.8 Å². The van der Waals surface area contributed by atoms with Crippen LogP contribution in [0.3, 0.4) is 0 Å². The summed E-state index contributed by atoms with van der Waals surface area (Å²) >= 11 is 1.32. The molecule has 3 N–H and O–H groups in total. The lowest BCUT2D eigenvalue weighted by Crippen LogP contribution is -2.48. The second-order valence-corrected chi connectivity index (χ2v) is 11.9. The Morgan fingerprint density at radius 2 is 1.61 bits per heavy atom. The number of aliphatic hydroxyl groups is 1. The number of aliphatic hydroxyl groups excluding tert-OH is 1. The fourth-order valence-electron chi connectivity index (χ4n) is 3.40. The van der Waals surface area contributed by atoms with Crippen LogP contribution < -0.4 is 10.6 Å². The fourth-order valence-corrected chi connectivity index (χ4v) is 4.59. The van der Waals surface area contributed by atoms with Gasteiger partial charge < -0.3 is 39.4 Å². The van der Waals surface area contributed by atoms with E-state index in [1.165, 1.54) is 11.8 Å². The van der Waals surface area contributed by atoms with Crippen molar-refractivity contribution >= 4 is 23.6 Å². The van der Waals surface area contributed by atoms with Crippen molar-refractivity contribution in [1.82, 2.24) is 25.6 Å². The van der Waals surface area contributed by atoms with E-state index in [4.69, 9.17) is 23.7 Å². The van der Waals surface area contributed by atoms with E-state index in [-0.39, 0.29) is 36.0 Å². The van der Waals surface area contributed by atoms with Crippen molar-refractivity contribution in [3.8, 4) is 0 Å². The van der Waals surface area contributed by atoms with E-state index >= 15 is 0 Å². The highest BCUT2D eigenvalue weighted by atomic mass is 32.2. The minimum Gasteiger partial charge on any atom is -0.511 e. The van der Waals surface area contributed by atoms with Crippen molar-refractivity contribution in [2.24, 2.45) is 5.41 Å². The van der Waals surface area contributed by atoms with E-state index in [0.29, 0.717) is 77.5 Å². The molecule has 2 atom stereocenters. The minimum atomic E-state index is -0.506. The highest BCUT2D eigenvalue weighted by molar-refractivity contribution is 8.00. The molecule has 234 valence electrons. The third-order valence-corrected chi connectivity index (χ3v) is 7.16. The Kier molecular flexibility index (Phi) is 16.9. The van der Waals surface area contributed by atoms with Gasteiger partial charge in [0.2, 0.25) is 11.8 Å². The number of hydrogen-bond donors (Lipinski definition) is 3. The molecule has 0 radical (unpaired) electrons. The Hall–Kier alpha value is -2.23. The van der Waals surface area contributed by atoms with E-state index in [9.17, 15) is 14.7 Å². The predicted molar refractivity (Wildman–Crippen MR) is 155 cm³/mol. The number of ether oxygens (including phenoxy) is 5. The maximum atomic E-state index is 12.2. The number of carbonyl (C=O) groups excluding carboxylic acids is 2. The van der Waals surface area contributed by atoms with Crippen LogP contribution in [0.15, 0.2) is 18.5 Å². The summed E-state index contributed by atoms with van der Waals surface area (Å²) in [6.45, 7) is 16.1. The summed E-state index contributed by atoms with van der Waals surface area (Å²) in [4.78, 5) is 24.3. The summed E-state index contributed by atoms with van der Waals surface area (Å²) in [6.07, 6.45) is 2.81. The van der Waals surface area contributed by atoms with Crippen molar-refractivity contribution in [3.05, 3.63) is 24.2 Å². The van der Waals surface area contributed by atoms with Gasteiger partial charge in [-0.1, -0.05) is 32.6 Å². The first-order chi connectivity index (χ1) is 19.6. The molecule has 0 aromatic carbocycles. The zero-order chi connectivity index (χ0) is 29.9. The molecule has 2 amide bonds. The summed E-state index contributed by atoms with van der Waals surface area (Å²) in [5.74, 6) is -0.159. The number of amides is 2. The second-order valence-electron chi connectivity index (χ2n) is 10.7. The molecular formula is C27H47N5O8S. The van der Waals surface area contributed by atoms with Gasteiger partial charge in [-0.05, 0) is 11.8 Å². The molecule has 2 heterocycles. The van der Waals surface area contributed by atoms with Crippen LogP contribution in [-0.2, 0) is 46.4 Å². The number of rotatable bonds is 22. The standard InChI is InChI=1S/C27H47N5O8S/c1-21(33)23-20-41-24(26(35)29-23)17-25(34)28-18-22-19-32(31-30-22)6-8-37-10-12-39-14-16-40-15-13-38-11-9-36-7-5-27(2,3)4/h19,23-24,33H,1,5-18,20H2,2-4H3,(H,28,34)(H,29,35). The highest BCUT2D eigenvalue weighted by Crippen LogP contribution is 2.22. The topological polar surface area (TPSA) is 155 Å². The maximum Gasteiger partial charge on any atom is 0.234 e. The van der Waals surface area contributed by atoms with Crippen molar-refractivity contribution in [2.45, 2.75) is 58.0 Å². The molecule has 1 fully saturated rings. The molecule has 1 aliphatic rings. The lowest BCUT2D eigenvalue weighted by atomic mass is 9.93. The molecular weight excluding hydrogens is 554 g/mol. The SMILES string of the molecule is C=C(O)C1CSC(CC(=O)NCc2cn(CCOCCOCCOCCOCCOCCC(C)(C)C)nn2)C(=O)N1. The van der Waals surface area contributed by atoms with Gasteiger partial charge in [0.1, 0.15) is 11.5 Å². The number of nitrogens with one attached hydrogen (secondary N) is 2. The molecule has 1 aromatic rings. The largest absolute Gasteiger partial charge is 0.511 e. The molecule has 1 aromatic heterocycles. The molecule has 2 rings (SSSR count). The summed E-state index contributed by atoms with van der Waals surface area (Å²) in [5, 5.41) is 22.4. The Balaban J connectivity index is 1.38. The molecule has 1 saturated heterocycles. The monoisotopic (exact) mass is 601 g/mol. The van der Waals surface area contributed by atoms with E-state index in [1.807, 2.05) is 0 Å². The van der Waals surface area contributed by atoms with Gasteiger partial charge in [0, 0.05) is 18.8 Å². The zero-order valence-electron chi connectivity index (χ0n) is 24.6. The Morgan fingerprint density at radius 3 is 2.15 bits per heavy atom. The van der Waals surface area contributed by atoms with Crippen LogP contribution >= 0.6 is 11.8 Å². The van der Waals surface area contributed by atoms with Gasteiger partial charge in [-0.15, -0.1) is 16.9 Å². The summed E-state index contributed by atoms with van der Waals surface area (Å²) in [6, 6.07) is -0.478. The number of aromatic nitrogens is 3. The quantitative estimate of drug-likeness (QED) is 0.131. The van der Waals surface area contributed by atoms with Gasteiger partial charge in [0.05, 0.1) is 90.0 Å². The van der Waals surface area contributed by atoms with Gasteiger partial charge in [0.25, 0.3) is 0 Å². The summed E-state index contributed by atoms with van der Waals surface area (Å²) in [5.41, 5.74) is 0.895. The lowest BCUT2D eigenvalue weighted by molar-refractivity contribution is -0.126. The molecule has 0 bridgehead atoms. The van der Waals surface area contributed by atoms with E-state index in [2.05, 4.69) is 48.3 Å².